The number of carbonyl (C=O) groups excluding carboxylic acids is 1. The topological polar surface area (TPSA) is 93.0 Å². The van der Waals surface area contributed by atoms with Crippen LogP contribution in [0.4, 0.5) is 0 Å². The van der Waals surface area contributed by atoms with Gasteiger partial charge in [-0.25, -0.2) is 4.98 Å². The van der Waals surface area contributed by atoms with Crippen LogP contribution in [0.2, 0.25) is 0 Å². The number of oxazole rings is 1. The van der Waals surface area contributed by atoms with E-state index >= 15 is 0 Å². The second-order valence-electron chi connectivity index (χ2n) is 8.41. The van der Waals surface area contributed by atoms with E-state index in [9.17, 15) is 4.79 Å². The molecule has 1 fully saturated rings. The normalized spacial score (nSPS) is 14.2. The van der Waals surface area contributed by atoms with Crippen molar-refractivity contribution in [1.82, 2.24) is 25.1 Å². The summed E-state index contributed by atoms with van der Waals surface area (Å²) in [6.45, 7) is 9.49. The molecule has 9 nitrogen and oxygen atoms in total. The first-order valence-electron chi connectivity index (χ1n) is 12.1. The molecule has 0 spiro atoms. The zero-order chi connectivity index (χ0) is 24.3. The average Bonchev–Trinajstić information content (AvgIpc) is 3.37. The zero-order valence-electron chi connectivity index (χ0n) is 20.2. The molecule has 1 aliphatic heterocycles. The van der Waals surface area contributed by atoms with Crippen molar-refractivity contribution in [2.45, 2.75) is 26.6 Å². The highest BCUT2D eigenvalue weighted by atomic mass is 16.5. The van der Waals surface area contributed by atoms with Gasteiger partial charge in [0, 0.05) is 51.7 Å². The predicted octanol–water partition coefficient (Wildman–Crippen LogP) is 2.73. The number of nitrogens with one attached hydrogen (secondary N) is 1. The van der Waals surface area contributed by atoms with E-state index in [-0.39, 0.29) is 11.6 Å². The molecule has 0 unspecified atom stereocenters. The van der Waals surface area contributed by atoms with Crippen molar-refractivity contribution in [3.8, 4) is 5.75 Å². The van der Waals surface area contributed by atoms with Crippen molar-refractivity contribution >= 4 is 5.91 Å². The third-order valence-corrected chi connectivity index (χ3v) is 5.82. The van der Waals surface area contributed by atoms with Crippen LogP contribution in [0.25, 0.3) is 0 Å². The molecule has 0 radical (unpaired) electrons. The summed E-state index contributed by atoms with van der Waals surface area (Å²) >= 11 is 0. The van der Waals surface area contributed by atoms with E-state index in [0.717, 1.165) is 57.3 Å². The van der Waals surface area contributed by atoms with E-state index < -0.39 is 0 Å². The summed E-state index contributed by atoms with van der Waals surface area (Å²) < 4.78 is 16.7. The SMILES string of the molecule is CCOc1ccc(CN(CCN2CCOCC2)Cc2nc(C(=O)NCc3ccncc3)co2)cc1. The monoisotopic (exact) mass is 479 g/mol. The average molecular weight is 480 g/mol. The summed E-state index contributed by atoms with van der Waals surface area (Å²) in [7, 11) is 0. The number of rotatable bonds is 12. The molecule has 1 amide bonds. The summed E-state index contributed by atoms with van der Waals surface area (Å²) in [5, 5.41) is 2.87. The highest BCUT2D eigenvalue weighted by Gasteiger charge is 2.17. The Morgan fingerprint density at radius 2 is 1.86 bits per heavy atom. The van der Waals surface area contributed by atoms with E-state index in [4.69, 9.17) is 13.9 Å². The first-order valence-corrected chi connectivity index (χ1v) is 12.1. The number of pyridine rings is 1. The minimum atomic E-state index is -0.261. The van der Waals surface area contributed by atoms with Crippen LogP contribution in [0, 0.1) is 0 Å². The third-order valence-electron chi connectivity index (χ3n) is 5.82. The van der Waals surface area contributed by atoms with Crippen LogP contribution in [0.15, 0.2) is 59.5 Å². The van der Waals surface area contributed by atoms with Gasteiger partial charge in [-0.2, -0.15) is 0 Å². The maximum absolute atomic E-state index is 12.5. The fraction of sp³-hybridized carbons (Fsp3) is 0.423. The van der Waals surface area contributed by atoms with Crippen molar-refractivity contribution in [3.63, 3.8) is 0 Å². The molecule has 3 heterocycles. The molecule has 0 bridgehead atoms. The summed E-state index contributed by atoms with van der Waals surface area (Å²) in [5.74, 6) is 1.13. The number of morpholine rings is 1. The van der Waals surface area contributed by atoms with Gasteiger partial charge < -0.3 is 19.2 Å². The summed E-state index contributed by atoms with van der Waals surface area (Å²) in [4.78, 5) is 25.7. The minimum Gasteiger partial charge on any atom is -0.494 e. The van der Waals surface area contributed by atoms with E-state index in [1.165, 1.54) is 11.8 Å². The van der Waals surface area contributed by atoms with Gasteiger partial charge in [-0.15, -0.1) is 0 Å². The van der Waals surface area contributed by atoms with Gasteiger partial charge in [0.05, 0.1) is 26.4 Å². The summed E-state index contributed by atoms with van der Waals surface area (Å²) in [6, 6.07) is 11.9. The lowest BCUT2D eigenvalue weighted by Crippen LogP contribution is -2.41. The predicted molar refractivity (Wildman–Crippen MR) is 131 cm³/mol. The maximum Gasteiger partial charge on any atom is 0.273 e. The van der Waals surface area contributed by atoms with Gasteiger partial charge in [0.15, 0.2) is 5.69 Å². The first-order chi connectivity index (χ1) is 17.2. The number of ether oxygens (including phenoxy) is 2. The maximum atomic E-state index is 12.5. The highest BCUT2D eigenvalue weighted by molar-refractivity contribution is 5.91. The van der Waals surface area contributed by atoms with Gasteiger partial charge >= 0.3 is 0 Å². The number of hydrogen-bond acceptors (Lipinski definition) is 8. The Balaban J connectivity index is 1.36. The van der Waals surface area contributed by atoms with Crippen molar-refractivity contribution in [2.75, 3.05) is 46.0 Å². The van der Waals surface area contributed by atoms with E-state index in [2.05, 4.69) is 37.2 Å². The number of hydrogen-bond donors (Lipinski definition) is 1. The lowest BCUT2D eigenvalue weighted by molar-refractivity contribution is 0.0320. The van der Waals surface area contributed by atoms with Crippen molar-refractivity contribution in [1.29, 1.82) is 0 Å². The van der Waals surface area contributed by atoms with Crippen LogP contribution in [0.5, 0.6) is 5.75 Å². The van der Waals surface area contributed by atoms with E-state index in [1.54, 1.807) is 12.4 Å². The van der Waals surface area contributed by atoms with Crippen LogP contribution in [0.1, 0.15) is 34.4 Å². The van der Waals surface area contributed by atoms with E-state index in [0.29, 0.717) is 25.6 Å². The van der Waals surface area contributed by atoms with Gasteiger partial charge in [-0.1, -0.05) is 12.1 Å². The van der Waals surface area contributed by atoms with Crippen molar-refractivity contribution < 1.29 is 18.7 Å². The fourth-order valence-electron chi connectivity index (χ4n) is 3.89. The molecule has 1 aromatic carbocycles. The van der Waals surface area contributed by atoms with Crippen molar-refractivity contribution in [3.05, 3.63) is 77.8 Å². The Morgan fingerprint density at radius 1 is 1.09 bits per heavy atom. The second-order valence-corrected chi connectivity index (χ2v) is 8.41. The molecule has 3 aromatic rings. The molecule has 0 aliphatic carbocycles. The van der Waals surface area contributed by atoms with Crippen LogP contribution in [-0.2, 0) is 24.4 Å². The Kier molecular flexibility index (Phi) is 9.22. The number of aromatic nitrogens is 2. The molecule has 4 rings (SSSR count). The lowest BCUT2D eigenvalue weighted by Gasteiger charge is -2.29. The van der Waals surface area contributed by atoms with Gasteiger partial charge in [0.2, 0.25) is 5.89 Å². The van der Waals surface area contributed by atoms with Gasteiger partial charge in [0.1, 0.15) is 12.0 Å². The molecular formula is C26H33N5O4. The number of carbonyl (C=O) groups is 1. The quantitative estimate of drug-likeness (QED) is 0.424. The molecule has 186 valence electrons. The van der Waals surface area contributed by atoms with Crippen molar-refractivity contribution in [2.24, 2.45) is 0 Å². The zero-order valence-corrected chi connectivity index (χ0v) is 20.2. The largest absolute Gasteiger partial charge is 0.494 e. The van der Waals surface area contributed by atoms with Crippen LogP contribution >= 0.6 is 0 Å². The number of nitrogens with zero attached hydrogens (tertiary/aromatic N) is 4. The van der Waals surface area contributed by atoms with Gasteiger partial charge in [0.25, 0.3) is 5.91 Å². The Hall–Kier alpha value is -3.27. The second kappa shape index (κ2) is 13.0. The molecule has 1 N–H and O–H groups in total. The van der Waals surface area contributed by atoms with Crippen LogP contribution < -0.4 is 10.1 Å². The molecule has 9 heteroatoms. The Bertz CT molecular complexity index is 1040. The smallest absolute Gasteiger partial charge is 0.273 e. The number of amides is 1. The Labute approximate surface area is 206 Å². The minimum absolute atomic E-state index is 0.261. The van der Waals surface area contributed by atoms with Gasteiger partial charge in [-0.05, 0) is 42.3 Å². The first kappa shape index (κ1) is 24.8. The fourth-order valence-corrected chi connectivity index (χ4v) is 3.89. The molecule has 1 saturated heterocycles. The summed E-state index contributed by atoms with van der Waals surface area (Å²) in [6.07, 6.45) is 4.82. The van der Waals surface area contributed by atoms with Crippen LogP contribution in [0.3, 0.4) is 0 Å². The number of benzene rings is 1. The third kappa shape index (κ3) is 7.88. The molecular weight excluding hydrogens is 446 g/mol. The standard InChI is InChI=1S/C26H33N5O4/c1-2-34-23-5-3-22(4-6-23)18-31(12-11-30-13-15-33-16-14-30)19-25-29-24(20-35-25)26(32)28-17-21-7-9-27-10-8-21/h3-10,20H,2,11-19H2,1H3,(H,28,32). The van der Waals surface area contributed by atoms with E-state index in [1.807, 2.05) is 31.2 Å². The molecule has 0 atom stereocenters. The molecule has 2 aromatic heterocycles. The Morgan fingerprint density at radius 3 is 2.60 bits per heavy atom. The molecule has 35 heavy (non-hydrogen) atoms. The van der Waals surface area contributed by atoms with Gasteiger partial charge in [-0.3, -0.25) is 19.6 Å². The molecule has 0 saturated carbocycles. The molecule has 1 aliphatic rings. The lowest BCUT2D eigenvalue weighted by atomic mass is 10.2. The summed E-state index contributed by atoms with van der Waals surface area (Å²) in [5.41, 5.74) is 2.43. The highest BCUT2D eigenvalue weighted by Crippen LogP contribution is 2.16. The van der Waals surface area contributed by atoms with Crippen LogP contribution in [-0.4, -0.2) is 71.7 Å².